The van der Waals surface area contributed by atoms with Gasteiger partial charge < -0.3 is 9.47 Å². The highest BCUT2D eigenvalue weighted by atomic mass is 79.9. The maximum absolute atomic E-state index is 5.80. The van der Waals surface area contributed by atoms with E-state index in [4.69, 9.17) is 9.47 Å². The minimum absolute atomic E-state index is 0.0846. The molecule has 2 aromatic rings. The van der Waals surface area contributed by atoms with E-state index in [0.717, 1.165) is 22.4 Å². The summed E-state index contributed by atoms with van der Waals surface area (Å²) in [5, 5.41) is 0. The van der Waals surface area contributed by atoms with Crippen molar-refractivity contribution in [3.63, 3.8) is 0 Å². The summed E-state index contributed by atoms with van der Waals surface area (Å²) in [6.07, 6.45) is 4.42. The Morgan fingerprint density at radius 1 is 1.33 bits per heavy atom. The summed E-state index contributed by atoms with van der Waals surface area (Å²) < 4.78 is 12.4. The topological polar surface area (TPSA) is 31.4 Å². The Morgan fingerprint density at radius 3 is 3.06 bits per heavy atom. The smallest absolute Gasteiger partial charge is 0.138 e. The number of rotatable bonds is 3. The number of nitrogens with zero attached hydrogens (tertiary/aromatic N) is 1. The largest absolute Gasteiger partial charge is 0.488 e. The highest BCUT2D eigenvalue weighted by Gasteiger charge is 2.22. The summed E-state index contributed by atoms with van der Waals surface area (Å²) in [6.45, 7) is 0.535. The van der Waals surface area contributed by atoms with Crippen LogP contribution in [0.5, 0.6) is 11.5 Å². The fourth-order valence-corrected chi connectivity index (χ4v) is 2.35. The molecule has 0 radical (unpaired) electrons. The minimum atomic E-state index is 0.0846. The monoisotopic (exact) mass is 305 g/mol. The van der Waals surface area contributed by atoms with Crippen LogP contribution in [0, 0.1) is 0 Å². The van der Waals surface area contributed by atoms with Crippen LogP contribution in [0.1, 0.15) is 5.56 Å². The van der Waals surface area contributed by atoms with E-state index in [1.54, 1.807) is 12.4 Å². The van der Waals surface area contributed by atoms with Crippen LogP contribution in [0.3, 0.4) is 0 Å². The van der Waals surface area contributed by atoms with Crippen LogP contribution in [0.25, 0.3) is 0 Å². The Balaban J connectivity index is 1.60. The van der Waals surface area contributed by atoms with Gasteiger partial charge in [-0.25, -0.2) is 0 Å². The molecular weight excluding hydrogens is 294 g/mol. The van der Waals surface area contributed by atoms with Crippen LogP contribution >= 0.6 is 15.9 Å². The molecule has 1 aromatic carbocycles. The Hall–Kier alpha value is -1.55. The molecule has 0 fully saturated rings. The van der Waals surface area contributed by atoms with Crippen molar-refractivity contribution >= 4 is 15.9 Å². The maximum Gasteiger partial charge on any atom is 0.138 e. The number of hydrogen-bond acceptors (Lipinski definition) is 3. The molecule has 1 aliphatic heterocycles. The van der Waals surface area contributed by atoms with E-state index in [2.05, 4.69) is 27.0 Å². The van der Waals surface area contributed by atoms with Crippen LogP contribution < -0.4 is 9.47 Å². The predicted molar refractivity (Wildman–Crippen MR) is 72.0 cm³/mol. The molecule has 0 aliphatic carbocycles. The zero-order chi connectivity index (χ0) is 12.4. The van der Waals surface area contributed by atoms with Gasteiger partial charge in [-0.15, -0.1) is 0 Å². The van der Waals surface area contributed by atoms with Crippen molar-refractivity contribution in [2.45, 2.75) is 12.5 Å². The molecule has 1 unspecified atom stereocenters. The Bertz CT molecular complexity index is 534. The van der Waals surface area contributed by atoms with E-state index in [9.17, 15) is 0 Å². The second kappa shape index (κ2) is 4.98. The van der Waals surface area contributed by atoms with Crippen molar-refractivity contribution in [3.05, 3.63) is 52.8 Å². The van der Waals surface area contributed by atoms with Gasteiger partial charge in [0.05, 0.1) is 6.20 Å². The van der Waals surface area contributed by atoms with Gasteiger partial charge in [0.1, 0.15) is 24.2 Å². The third-order valence-corrected chi connectivity index (χ3v) is 3.26. The van der Waals surface area contributed by atoms with Gasteiger partial charge in [-0.05, 0) is 33.6 Å². The number of aromatic nitrogens is 1. The molecule has 0 amide bonds. The molecule has 1 aromatic heterocycles. The van der Waals surface area contributed by atoms with Crippen LogP contribution in [0.2, 0.25) is 0 Å². The number of ether oxygens (including phenoxy) is 2. The van der Waals surface area contributed by atoms with Gasteiger partial charge in [0.25, 0.3) is 0 Å². The first-order valence-electron chi connectivity index (χ1n) is 5.79. The molecule has 1 atom stereocenters. The lowest BCUT2D eigenvalue weighted by molar-refractivity contribution is 0.148. The first-order valence-corrected chi connectivity index (χ1v) is 6.58. The van der Waals surface area contributed by atoms with Crippen molar-refractivity contribution < 1.29 is 9.47 Å². The molecule has 1 aliphatic rings. The van der Waals surface area contributed by atoms with Crippen molar-refractivity contribution in [2.24, 2.45) is 0 Å². The molecule has 0 bridgehead atoms. The van der Waals surface area contributed by atoms with Crippen molar-refractivity contribution in [1.29, 1.82) is 0 Å². The lowest BCUT2D eigenvalue weighted by Crippen LogP contribution is -2.22. The molecular formula is C14H12BrNO2. The molecule has 3 nitrogen and oxygen atoms in total. The maximum atomic E-state index is 5.80. The number of fused-ring (bicyclic) bond motifs is 1. The Morgan fingerprint density at radius 2 is 2.22 bits per heavy atom. The van der Waals surface area contributed by atoms with E-state index in [1.165, 1.54) is 5.56 Å². The summed E-state index contributed by atoms with van der Waals surface area (Å²) in [4.78, 5) is 4.06. The van der Waals surface area contributed by atoms with Gasteiger partial charge in [0, 0.05) is 17.1 Å². The molecule has 2 heterocycles. The zero-order valence-corrected chi connectivity index (χ0v) is 11.3. The van der Waals surface area contributed by atoms with E-state index < -0.39 is 0 Å². The molecule has 18 heavy (non-hydrogen) atoms. The lowest BCUT2D eigenvalue weighted by Gasteiger charge is -2.12. The lowest BCUT2D eigenvalue weighted by atomic mass is 10.1. The number of hydrogen-bond donors (Lipinski definition) is 0. The Kier molecular flexibility index (Phi) is 3.19. The van der Waals surface area contributed by atoms with E-state index in [-0.39, 0.29) is 6.10 Å². The molecule has 0 saturated heterocycles. The SMILES string of the molecule is Brc1cncc(OCC2Cc3ccccc3O2)c1. The third-order valence-electron chi connectivity index (χ3n) is 2.83. The highest BCUT2D eigenvalue weighted by Crippen LogP contribution is 2.28. The fourth-order valence-electron chi connectivity index (χ4n) is 2.01. The number of pyridine rings is 1. The Labute approximate surface area is 114 Å². The van der Waals surface area contributed by atoms with Gasteiger partial charge in [0.2, 0.25) is 0 Å². The second-order valence-electron chi connectivity index (χ2n) is 4.20. The fraction of sp³-hybridized carbons (Fsp3) is 0.214. The van der Waals surface area contributed by atoms with Crippen LogP contribution in [-0.2, 0) is 6.42 Å². The van der Waals surface area contributed by atoms with Crippen molar-refractivity contribution in [1.82, 2.24) is 4.98 Å². The predicted octanol–water partition coefficient (Wildman–Crippen LogP) is 3.23. The second-order valence-corrected chi connectivity index (χ2v) is 5.12. The number of halogens is 1. The minimum Gasteiger partial charge on any atom is -0.488 e. The molecule has 92 valence electrons. The molecule has 0 saturated carbocycles. The summed E-state index contributed by atoms with van der Waals surface area (Å²) >= 11 is 3.37. The van der Waals surface area contributed by atoms with Gasteiger partial charge in [-0.1, -0.05) is 18.2 Å². The summed E-state index contributed by atoms with van der Waals surface area (Å²) in [6, 6.07) is 10.0. The summed E-state index contributed by atoms with van der Waals surface area (Å²) in [7, 11) is 0. The standard InChI is InChI=1S/C14H12BrNO2/c15-11-6-12(8-16-7-11)17-9-13-5-10-3-1-2-4-14(10)18-13/h1-4,6-8,13H,5,9H2. The quantitative estimate of drug-likeness (QED) is 0.872. The van der Waals surface area contributed by atoms with Crippen molar-refractivity contribution in [3.8, 4) is 11.5 Å². The van der Waals surface area contributed by atoms with Crippen molar-refractivity contribution in [2.75, 3.05) is 6.61 Å². The molecule has 0 N–H and O–H groups in total. The third kappa shape index (κ3) is 2.48. The number of benzene rings is 1. The van der Waals surface area contributed by atoms with Gasteiger partial charge in [-0.3, -0.25) is 4.98 Å². The molecule has 3 rings (SSSR count). The van der Waals surface area contributed by atoms with Gasteiger partial charge >= 0.3 is 0 Å². The molecule has 4 heteroatoms. The molecule has 0 spiro atoms. The zero-order valence-electron chi connectivity index (χ0n) is 9.67. The number of para-hydroxylation sites is 1. The first kappa shape index (κ1) is 11.5. The van der Waals surface area contributed by atoms with Crippen LogP contribution in [-0.4, -0.2) is 17.7 Å². The van der Waals surface area contributed by atoms with Crippen LogP contribution in [0.4, 0.5) is 0 Å². The first-order chi connectivity index (χ1) is 8.81. The average molecular weight is 306 g/mol. The van der Waals surface area contributed by atoms with Gasteiger partial charge in [0.15, 0.2) is 0 Å². The summed E-state index contributed by atoms with van der Waals surface area (Å²) in [5.74, 6) is 1.72. The highest BCUT2D eigenvalue weighted by molar-refractivity contribution is 9.10. The van der Waals surface area contributed by atoms with E-state index in [1.807, 2.05) is 24.3 Å². The average Bonchev–Trinajstić information content (AvgIpc) is 2.79. The van der Waals surface area contributed by atoms with E-state index >= 15 is 0 Å². The van der Waals surface area contributed by atoms with E-state index in [0.29, 0.717) is 6.61 Å². The van der Waals surface area contributed by atoms with Crippen LogP contribution in [0.15, 0.2) is 47.2 Å². The van der Waals surface area contributed by atoms with Gasteiger partial charge in [-0.2, -0.15) is 0 Å². The summed E-state index contributed by atoms with van der Waals surface area (Å²) in [5.41, 5.74) is 1.25. The normalized spacial score (nSPS) is 17.1.